The molecule has 0 saturated carbocycles. The van der Waals surface area contributed by atoms with Crippen molar-refractivity contribution in [2.45, 2.75) is 40.5 Å². The van der Waals surface area contributed by atoms with E-state index in [0.717, 1.165) is 38.0 Å². The van der Waals surface area contributed by atoms with Gasteiger partial charge in [0, 0.05) is 33.1 Å². The molecule has 146 valence electrons. The van der Waals surface area contributed by atoms with E-state index in [1.807, 2.05) is 26.8 Å². The van der Waals surface area contributed by atoms with Gasteiger partial charge in [-0.1, -0.05) is 39.3 Å². The van der Waals surface area contributed by atoms with Crippen molar-refractivity contribution in [3.63, 3.8) is 0 Å². The molecular weight excluding hydrogens is 350 g/mol. The van der Waals surface area contributed by atoms with Crippen LogP contribution < -0.4 is 4.90 Å². The number of pyridine rings is 1. The van der Waals surface area contributed by atoms with Crippen molar-refractivity contribution in [2.75, 3.05) is 32.1 Å². The van der Waals surface area contributed by atoms with E-state index in [1.54, 1.807) is 20.2 Å². The Morgan fingerprint density at radius 1 is 1.27 bits per heavy atom. The summed E-state index contributed by atoms with van der Waals surface area (Å²) in [5.74, 6) is 1.73. The molecule has 0 spiro atoms. The monoisotopic (exact) mass is 381 g/mol. The maximum absolute atomic E-state index is 12.0. The molecule has 0 aliphatic carbocycles. The van der Waals surface area contributed by atoms with Crippen molar-refractivity contribution in [3.8, 4) is 0 Å². The van der Waals surface area contributed by atoms with Gasteiger partial charge in [0.05, 0.1) is 5.56 Å². The number of hydrogen-bond acceptors (Lipinski definition) is 4. The first-order valence-electron chi connectivity index (χ1n) is 9.43. The number of carbonyl (C=O) groups excluding carboxylic acids is 2. The van der Waals surface area contributed by atoms with Gasteiger partial charge in [0.25, 0.3) is 5.91 Å². The molecular formula is C20H32ClN3O2. The molecule has 1 aliphatic rings. The number of anilines is 1. The van der Waals surface area contributed by atoms with Crippen molar-refractivity contribution in [1.29, 1.82) is 0 Å². The van der Waals surface area contributed by atoms with Crippen molar-refractivity contribution in [3.05, 3.63) is 22.8 Å². The molecule has 2 unspecified atom stereocenters. The molecule has 1 aliphatic heterocycles. The Balaban J connectivity index is 0.00000163. The topological polar surface area (TPSA) is 53.5 Å². The van der Waals surface area contributed by atoms with Gasteiger partial charge >= 0.3 is 0 Å². The quantitative estimate of drug-likeness (QED) is 0.567. The maximum atomic E-state index is 12.0. The standard InChI is InChI=1S/C18H26ClN3O2.C2H6/c1-12(11-23)13(2)14-7-9-22(10-8-14)16-6-5-15(17(19)20-16)18(24)21(3)4;1-2/h5-6,11-14H,7-10H2,1-4H3;1-2H3. The van der Waals surface area contributed by atoms with Gasteiger partial charge in [-0.05, 0) is 36.8 Å². The van der Waals surface area contributed by atoms with E-state index in [4.69, 9.17) is 11.6 Å². The largest absolute Gasteiger partial charge is 0.357 e. The lowest BCUT2D eigenvalue weighted by Crippen LogP contribution is -2.37. The highest BCUT2D eigenvalue weighted by Gasteiger charge is 2.27. The van der Waals surface area contributed by atoms with E-state index in [9.17, 15) is 9.59 Å². The second-order valence-electron chi connectivity index (χ2n) is 6.89. The number of rotatable bonds is 5. The number of piperidine rings is 1. The lowest BCUT2D eigenvalue weighted by Gasteiger charge is -2.36. The summed E-state index contributed by atoms with van der Waals surface area (Å²) >= 11 is 6.20. The molecule has 1 aromatic rings. The normalized spacial score (nSPS) is 17.0. The molecule has 1 amide bonds. The summed E-state index contributed by atoms with van der Waals surface area (Å²) in [6.45, 7) is 9.94. The third-order valence-electron chi connectivity index (χ3n) is 5.12. The molecule has 1 aromatic heterocycles. The first-order chi connectivity index (χ1) is 12.3. The smallest absolute Gasteiger partial charge is 0.256 e. The SMILES string of the molecule is CC.CC(C=O)C(C)C1CCN(c2ccc(C(=O)N(C)C)c(Cl)n2)CC1. The molecule has 6 heteroatoms. The van der Waals surface area contributed by atoms with Crippen LogP contribution in [0.3, 0.4) is 0 Å². The van der Waals surface area contributed by atoms with Crippen LogP contribution in [-0.2, 0) is 4.79 Å². The Hall–Kier alpha value is -1.62. The molecule has 2 atom stereocenters. The van der Waals surface area contributed by atoms with Gasteiger partial charge < -0.3 is 14.6 Å². The molecule has 1 saturated heterocycles. The van der Waals surface area contributed by atoms with Gasteiger partial charge in [0.15, 0.2) is 0 Å². The Morgan fingerprint density at radius 3 is 2.31 bits per heavy atom. The minimum absolute atomic E-state index is 0.102. The van der Waals surface area contributed by atoms with E-state index < -0.39 is 0 Å². The van der Waals surface area contributed by atoms with E-state index in [-0.39, 0.29) is 17.0 Å². The molecule has 0 aromatic carbocycles. The van der Waals surface area contributed by atoms with Gasteiger partial charge in [-0.15, -0.1) is 0 Å². The second-order valence-corrected chi connectivity index (χ2v) is 7.24. The van der Waals surface area contributed by atoms with Crippen molar-refractivity contribution in [2.24, 2.45) is 17.8 Å². The van der Waals surface area contributed by atoms with Crippen LogP contribution in [0.4, 0.5) is 5.82 Å². The van der Waals surface area contributed by atoms with Crippen LogP contribution in [-0.4, -0.2) is 49.3 Å². The fraction of sp³-hybridized carbons (Fsp3) is 0.650. The van der Waals surface area contributed by atoms with Crippen LogP contribution in [0.1, 0.15) is 50.9 Å². The van der Waals surface area contributed by atoms with Crippen LogP contribution in [0.25, 0.3) is 0 Å². The Bertz CT molecular complexity index is 599. The fourth-order valence-electron chi connectivity index (χ4n) is 3.21. The molecule has 5 nitrogen and oxygen atoms in total. The lowest BCUT2D eigenvalue weighted by molar-refractivity contribution is -0.112. The van der Waals surface area contributed by atoms with Crippen molar-refractivity contribution in [1.82, 2.24) is 9.88 Å². The van der Waals surface area contributed by atoms with E-state index in [1.165, 1.54) is 4.90 Å². The highest BCUT2D eigenvalue weighted by molar-refractivity contribution is 6.32. The molecule has 26 heavy (non-hydrogen) atoms. The number of hydrogen-bond donors (Lipinski definition) is 0. The predicted molar refractivity (Wildman–Crippen MR) is 108 cm³/mol. The van der Waals surface area contributed by atoms with Crippen molar-refractivity contribution < 1.29 is 9.59 Å². The number of nitrogens with zero attached hydrogens (tertiary/aromatic N) is 3. The summed E-state index contributed by atoms with van der Waals surface area (Å²) in [6, 6.07) is 3.61. The van der Waals surface area contributed by atoms with E-state index >= 15 is 0 Å². The third kappa shape index (κ3) is 5.44. The van der Waals surface area contributed by atoms with Gasteiger partial charge in [0.2, 0.25) is 0 Å². The fourth-order valence-corrected chi connectivity index (χ4v) is 3.44. The summed E-state index contributed by atoms with van der Waals surface area (Å²) in [5.41, 5.74) is 0.425. The zero-order valence-corrected chi connectivity index (χ0v) is 17.6. The number of aldehydes is 1. The summed E-state index contributed by atoms with van der Waals surface area (Å²) in [5, 5.41) is 0.247. The summed E-state index contributed by atoms with van der Waals surface area (Å²) < 4.78 is 0. The van der Waals surface area contributed by atoms with E-state index in [2.05, 4.69) is 16.8 Å². The summed E-state index contributed by atoms with van der Waals surface area (Å²) in [7, 11) is 3.39. The Morgan fingerprint density at radius 2 is 1.85 bits per heavy atom. The highest BCUT2D eigenvalue weighted by Crippen LogP contribution is 2.31. The zero-order chi connectivity index (χ0) is 19.9. The van der Waals surface area contributed by atoms with Crippen molar-refractivity contribution >= 4 is 29.6 Å². The van der Waals surface area contributed by atoms with Crippen LogP contribution in [0, 0.1) is 17.8 Å². The molecule has 0 radical (unpaired) electrons. The first kappa shape index (κ1) is 22.4. The molecule has 2 heterocycles. The summed E-state index contributed by atoms with van der Waals surface area (Å²) in [6.07, 6.45) is 3.13. The molecule has 0 N–H and O–H groups in total. The van der Waals surface area contributed by atoms with Gasteiger partial charge in [-0.3, -0.25) is 4.79 Å². The average Bonchev–Trinajstić information content (AvgIpc) is 2.67. The van der Waals surface area contributed by atoms with E-state index in [0.29, 0.717) is 17.4 Å². The Kier molecular flexibility index (Phi) is 9.06. The van der Waals surface area contributed by atoms with Crippen LogP contribution in [0.15, 0.2) is 12.1 Å². The van der Waals surface area contributed by atoms with Gasteiger partial charge in [-0.25, -0.2) is 4.98 Å². The molecule has 1 fully saturated rings. The number of carbonyl (C=O) groups is 2. The molecule has 0 bridgehead atoms. The maximum Gasteiger partial charge on any atom is 0.256 e. The first-order valence-corrected chi connectivity index (χ1v) is 9.81. The average molecular weight is 382 g/mol. The minimum atomic E-state index is -0.144. The third-order valence-corrected chi connectivity index (χ3v) is 5.41. The Labute approximate surface area is 162 Å². The van der Waals surface area contributed by atoms with Gasteiger partial charge in [-0.2, -0.15) is 0 Å². The van der Waals surface area contributed by atoms with Gasteiger partial charge in [0.1, 0.15) is 17.3 Å². The highest BCUT2D eigenvalue weighted by atomic mass is 35.5. The number of halogens is 1. The zero-order valence-electron chi connectivity index (χ0n) is 16.8. The lowest BCUT2D eigenvalue weighted by atomic mass is 9.79. The number of aromatic nitrogens is 1. The second kappa shape index (κ2) is 10.5. The predicted octanol–water partition coefficient (Wildman–Crippen LogP) is 4.15. The van der Waals surface area contributed by atoms with Crippen LogP contribution >= 0.6 is 11.6 Å². The summed E-state index contributed by atoms with van der Waals surface area (Å²) in [4.78, 5) is 31.1. The minimum Gasteiger partial charge on any atom is -0.357 e. The van der Waals surface area contributed by atoms with Crippen LogP contribution in [0.2, 0.25) is 5.15 Å². The van der Waals surface area contributed by atoms with Crippen LogP contribution in [0.5, 0.6) is 0 Å². The molecule has 2 rings (SSSR count). The number of amides is 1.